The average Bonchev–Trinajstić information content (AvgIpc) is 2.89. The fourth-order valence-electron chi connectivity index (χ4n) is 3.08. The van der Waals surface area contributed by atoms with Gasteiger partial charge in [0.2, 0.25) is 0 Å². The van der Waals surface area contributed by atoms with Crippen LogP contribution in [-0.2, 0) is 22.9 Å². The van der Waals surface area contributed by atoms with E-state index in [0.717, 1.165) is 41.0 Å². The van der Waals surface area contributed by atoms with Crippen molar-refractivity contribution in [1.29, 1.82) is 0 Å². The molecule has 0 atom stereocenters. The summed E-state index contributed by atoms with van der Waals surface area (Å²) in [5, 5.41) is 0.433. The van der Waals surface area contributed by atoms with Crippen LogP contribution >= 0.6 is 11.3 Å². The number of nitrogens with one attached hydrogen (secondary N) is 1. The van der Waals surface area contributed by atoms with E-state index >= 15 is 0 Å². The Morgan fingerprint density at radius 1 is 1.04 bits per heavy atom. The number of aromatic nitrogens is 1. The highest BCUT2D eigenvalue weighted by Gasteiger charge is 2.22. The lowest BCUT2D eigenvalue weighted by Gasteiger charge is -2.06. The summed E-state index contributed by atoms with van der Waals surface area (Å²) in [4.78, 5) is 6.01. The van der Waals surface area contributed by atoms with Crippen molar-refractivity contribution in [2.75, 3.05) is 4.72 Å². The van der Waals surface area contributed by atoms with Gasteiger partial charge in [-0.1, -0.05) is 42.0 Å². The van der Waals surface area contributed by atoms with Crippen molar-refractivity contribution in [2.24, 2.45) is 0 Å². The molecule has 4 nitrogen and oxygen atoms in total. The first kappa shape index (κ1) is 16.3. The molecular weight excluding hydrogens is 352 g/mol. The van der Waals surface area contributed by atoms with Crippen LogP contribution in [0.5, 0.6) is 0 Å². The summed E-state index contributed by atoms with van der Waals surface area (Å²) in [6.45, 7) is 1.93. The molecule has 128 valence electrons. The van der Waals surface area contributed by atoms with Crippen LogP contribution in [0.1, 0.15) is 22.4 Å². The standard InChI is InChI=1S/C19H18N2O2S2/c1-13-9-11-15(12-10-13)25(22,23)21-19-20-18-16-7-3-2-5-14(16)6-4-8-17(18)24-19/h2-3,5,7,9-12H,4,6,8H2,1H3,(H,20,21). The molecule has 4 rings (SSSR count). The zero-order valence-corrected chi connectivity index (χ0v) is 15.5. The number of anilines is 1. The van der Waals surface area contributed by atoms with E-state index in [0.29, 0.717) is 5.13 Å². The van der Waals surface area contributed by atoms with Gasteiger partial charge in [0.15, 0.2) is 5.13 Å². The molecule has 0 spiro atoms. The number of rotatable bonds is 3. The Morgan fingerprint density at radius 2 is 1.80 bits per heavy atom. The fourth-order valence-corrected chi connectivity index (χ4v) is 5.33. The first-order valence-electron chi connectivity index (χ1n) is 8.20. The summed E-state index contributed by atoms with van der Waals surface area (Å²) >= 11 is 1.44. The highest BCUT2D eigenvalue weighted by atomic mass is 32.2. The molecule has 0 aliphatic heterocycles. The molecule has 2 aromatic carbocycles. The van der Waals surface area contributed by atoms with E-state index < -0.39 is 10.0 Å². The molecule has 0 saturated heterocycles. The van der Waals surface area contributed by atoms with Gasteiger partial charge in [-0.2, -0.15) is 0 Å². The van der Waals surface area contributed by atoms with Gasteiger partial charge < -0.3 is 0 Å². The molecule has 1 aliphatic carbocycles. The van der Waals surface area contributed by atoms with Crippen molar-refractivity contribution in [1.82, 2.24) is 4.98 Å². The highest BCUT2D eigenvalue weighted by Crippen LogP contribution is 2.37. The summed E-state index contributed by atoms with van der Waals surface area (Å²) in [5.74, 6) is 0. The Bertz CT molecular complexity index is 1020. The smallest absolute Gasteiger partial charge is 0.255 e. The molecule has 1 heterocycles. The molecule has 6 heteroatoms. The summed E-state index contributed by atoms with van der Waals surface area (Å²) < 4.78 is 27.8. The maximum Gasteiger partial charge on any atom is 0.263 e. The zero-order valence-electron chi connectivity index (χ0n) is 13.8. The average molecular weight is 370 g/mol. The zero-order chi connectivity index (χ0) is 17.4. The highest BCUT2D eigenvalue weighted by molar-refractivity contribution is 7.93. The molecular formula is C19H18N2O2S2. The Hall–Kier alpha value is -2.18. The molecule has 1 aliphatic rings. The van der Waals surface area contributed by atoms with Gasteiger partial charge in [0.05, 0.1) is 10.6 Å². The van der Waals surface area contributed by atoms with E-state index in [1.807, 2.05) is 19.1 Å². The Balaban J connectivity index is 1.70. The predicted octanol–water partition coefficient (Wildman–Crippen LogP) is 4.41. The van der Waals surface area contributed by atoms with Gasteiger partial charge >= 0.3 is 0 Å². The van der Waals surface area contributed by atoms with Crippen LogP contribution in [0.25, 0.3) is 11.3 Å². The minimum atomic E-state index is -3.62. The van der Waals surface area contributed by atoms with Crippen molar-refractivity contribution >= 4 is 26.5 Å². The summed E-state index contributed by atoms with van der Waals surface area (Å²) in [6.07, 6.45) is 3.01. The Kier molecular flexibility index (Phi) is 4.09. The SMILES string of the molecule is Cc1ccc(S(=O)(=O)Nc2nc3c(s2)CCCc2ccccc2-3)cc1. The normalized spacial score (nSPS) is 13.6. The number of fused-ring (bicyclic) bond motifs is 3. The molecule has 0 saturated carbocycles. The van der Waals surface area contributed by atoms with E-state index in [9.17, 15) is 8.42 Å². The number of benzene rings is 2. The van der Waals surface area contributed by atoms with Crippen LogP contribution < -0.4 is 4.72 Å². The van der Waals surface area contributed by atoms with Gasteiger partial charge in [0, 0.05) is 10.4 Å². The van der Waals surface area contributed by atoms with Crippen LogP contribution in [0, 0.1) is 6.92 Å². The van der Waals surface area contributed by atoms with Crippen molar-refractivity contribution in [2.45, 2.75) is 31.1 Å². The predicted molar refractivity (Wildman–Crippen MR) is 102 cm³/mol. The second-order valence-electron chi connectivity index (χ2n) is 6.22. The van der Waals surface area contributed by atoms with Crippen LogP contribution in [0.4, 0.5) is 5.13 Å². The van der Waals surface area contributed by atoms with Gasteiger partial charge in [0.1, 0.15) is 0 Å². The Labute approximate surface area is 151 Å². The summed E-state index contributed by atoms with van der Waals surface area (Å²) in [6, 6.07) is 15.1. The molecule has 0 amide bonds. The van der Waals surface area contributed by atoms with E-state index in [-0.39, 0.29) is 4.90 Å². The fraction of sp³-hybridized carbons (Fsp3) is 0.211. The van der Waals surface area contributed by atoms with Gasteiger partial charge in [-0.3, -0.25) is 4.72 Å². The van der Waals surface area contributed by atoms with E-state index in [2.05, 4.69) is 21.8 Å². The quantitative estimate of drug-likeness (QED) is 0.743. The maximum atomic E-state index is 12.6. The molecule has 3 aromatic rings. The van der Waals surface area contributed by atoms with E-state index in [1.165, 1.54) is 16.9 Å². The second kappa shape index (κ2) is 6.28. The van der Waals surface area contributed by atoms with Crippen LogP contribution in [0.3, 0.4) is 0 Å². The number of hydrogen-bond donors (Lipinski definition) is 1. The molecule has 0 unspecified atom stereocenters. The lowest BCUT2D eigenvalue weighted by molar-refractivity contribution is 0.601. The number of hydrogen-bond acceptors (Lipinski definition) is 4. The van der Waals surface area contributed by atoms with Crippen LogP contribution in [0.15, 0.2) is 53.4 Å². The third kappa shape index (κ3) is 3.19. The summed E-state index contributed by atoms with van der Waals surface area (Å²) in [7, 11) is -3.62. The van der Waals surface area contributed by atoms with Gasteiger partial charge in [-0.25, -0.2) is 13.4 Å². The summed E-state index contributed by atoms with van der Waals surface area (Å²) in [5.41, 5.74) is 4.34. The third-order valence-corrected chi connectivity index (χ3v) is 6.89. The number of aryl methyl sites for hydroxylation is 3. The number of sulfonamides is 1. The number of nitrogens with zero attached hydrogens (tertiary/aromatic N) is 1. The first-order chi connectivity index (χ1) is 12.0. The van der Waals surface area contributed by atoms with Crippen molar-refractivity contribution in [3.8, 4) is 11.3 Å². The molecule has 1 aromatic heterocycles. The van der Waals surface area contributed by atoms with Crippen molar-refractivity contribution in [3.63, 3.8) is 0 Å². The van der Waals surface area contributed by atoms with Gasteiger partial charge in [0.25, 0.3) is 10.0 Å². The Morgan fingerprint density at radius 3 is 2.60 bits per heavy atom. The van der Waals surface area contributed by atoms with Crippen LogP contribution in [0.2, 0.25) is 0 Å². The third-order valence-electron chi connectivity index (χ3n) is 4.37. The topological polar surface area (TPSA) is 59.1 Å². The largest absolute Gasteiger partial charge is 0.263 e. The molecule has 0 radical (unpaired) electrons. The molecule has 1 N–H and O–H groups in total. The van der Waals surface area contributed by atoms with Crippen molar-refractivity contribution < 1.29 is 8.42 Å². The lowest BCUT2D eigenvalue weighted by Crippen LogP contribution is -2.12. The minimum Gasteiger partial charge on any atom is -0.255 e. The van der Waals surface area contributed by atoms with E-state index in [1.54, 1.807) is 24.3 Å². The number of thiazole rings is 1. The van der Waals surface area contributed by atoms with E-state index in [4.69, 9.17) is 0 Å². The molecule has 0 bridgehead atoms. The van der Waals surface area contributed by atoms with Gasteiger partial charge in [-0.05, 0) is 43.9 Å². The molecule has 25 heavy (non-hydrogen) atoms. The van der Waals surface area contributed by atoms with Gasteiger partial charge in [-0.15, -0.1) is 11.3 Å². The first-order valence-corrected chi connectivity index (χ1v) is 10.5. The second-order valence-corrected chi connectivity index (χ2v) is 8.99. The minimum absolute atomic E-state index is 0.254. The monoisotopic (exact) mass is 370 g/mol. The molecule has 0 fully saturated rings. The van der Waals surface area contributed by atoms with Crippen LogP contribution in [-0.4, -0.2) is 13.4 Å². The maximum absolute atomic E-state index is 12.6. The lowest BCUT2D eigenvalue weighted by atomic mass is 10.0. The van der Waals surface area contributed by atoms with Crippen molar-refractivity contribution in [3.05, 3.63) is 64.5 Å².